The lowest BCUT2D eigenvalue weighted by Gasteiger charge is -2.34. The maximum atomic E-state index is 12.5. The summed E-state index contributed by atoms with van der Waals surface area (Å²) < 4.78 is 5.30. The van der Waals surface area contributed by atoms with E-state index in [1.54, 1.807) is 0 Å². The summed E-state index contributed by atoms with van der Waals surface area (Å²) in [5.41, 5.74) is 5.41. The van der Waals surface area contributed by atoms with Gasteiger partial charge in [-0.25, -0.2) is 0 Å². The Morgan fingerprint density at radius 2 is 1.82 bits per heavy atom. The predicted octanol–water partition coefficient (Wildman–Crippen LogP) is 1.64. The normalized spacial score (nSPS) is 11.6. The van der Waals surface area contributed by atoms with Crippen LogP contribution >= 0.6 is 0 Å². The summed E-state index contributed by atoms with van der Waals surface area (Å²) >= 11 is 0. The highest BCUT2D eigenvalue weighted by molar-refractivity contribution is 5.83. The van der Waals surface area contributed by atoms with Crippen LogP contribution in [-0.4, -0.2) is 43.7 Å². The lowest BCUT2D eigenvalue weighted by molar-refractivity contribution is -0.142. The van der Waals surface area contributed by atoms with Gasteiger partial charge < -0.3 is 15.4 Å². The summed E-state index contributed by atoms with van der Waals surface area (Å²) in [5.74, 6) is 0.173. The molecular weight excluding hydrogens is 216 g/mol. The summed E-state index contributed by atoms with van der Waals surface area (Å²) in [6.45, 7) is 11.1. The maximum Gasteiger partial charge on any atom is 0.230 e. The third kappa shape index (κ3) is 4.28. The van der Waals surface area contributed by atoms with E-state index in [1.165, 1.54) is 0 Å². The minimum Gasteiger partial charge on any atom is -0.380 e. The first-order valence-electron chi connectivity index (χ1n) is 6.68. The van der Waals surface area contributed by atoms with E-state index in [4.69, 9.17) is 10.5 Å². The zero-order chi connectivity index (χ0) is 13.3. The molecule has 4 nitrogen and oxygen atoms in total. The van der Waals surface area contributed by atoms with E-state index in [0.717, 1.165) is 12.8 Å². The molecule has 0 bridgehead atoms. The summed E-state index contributed by atoms with van der Waals surface area (Å²) in [6.07, 6.45) is 1.59. The molecule has 1 amide bonds. The fourth-order valence-corrected chi connectivity index (χ4v) is 1.99. The zero-order valence-electron chi connectivity index (χ0n) is 11.8. The highest BCUT2D eigenvalue weighted by Gasteiger charge is 2.36. The smallest absolute Gasteiger partial charge is 0.230 e. The second-order valence-corrected chi connectivity index (χ2v) is 4.27. The Bertz CT molecular complexity index is 207. The summed E-state index contributed by atoms with van der Waals surface area (Å²) in [6, 6.07) is 0. The molecule has 0 aliphatic rings. The minimum absolute atomic E-state index is 0.173. The van der Waals surface area contributed by atoms with Crippen molar-refractivity contribution >= 4 is 5.91 Å². The molecule has 0 aromatic rings. The number of carbonyl (C=O) groups excluding carboxylic acids is 1. The first kappa shape index (κ1) is 16.4. The number of hydrogen-bond acceptors (Lipinski definition) is 3. The molecule has 0 saturated carbocycles. The molecule has 0 heterocycles. The molecule has 0 aromatic carbocycles. The number of ether oxygens (including phenoxy) is 1. The van der Waals surface area contributed by atoms with E-state index in [9.17, 15) is 4.79 Å². The standard InChI is InChI=1S/C13H28N2O2/c1-5-13(6-2,11-14)12(16)15(7-3)9-10-17-8-4/h5-11,14H2,1-4H3. The first-order chi connectivity index (χ1) is 8.11. The van der Waals surface area contributed by atoms with Crippen LogP contribution in [0.3, 0.4) is 0 Å². The van der Waals surface area contributed by atoms with Gasteiger partial charge in [0.1, 0.15) is 0 Å². The van der Waals surface area contributed by atoms with E-state index in [1.807, 2.05) is 32.6 Å². The van der Waals surface area contributed by atoms with Gasteiger partial charge in [0.2, 0.25) is 5.91 Å². The van der Waals surface area contributed by atoms with Crippen LogP contribution in [0.25, 0.3) is 0 Å². The molecule has 0 aromatic heterocycles. The number of amides is 1. The maximum absolute atomic E-state index is 12.5. The van der Waals surface area contributed by atoms with Crippen molar-refractivity contribution in [2.75, 3.05) is 32.8 Å². The third-order valence-electron chi connectivity index (χ3n) is 3.58. The highest BCUT2D eigenvalue weighted by Crippen LogP contribution is 2.27. The van der Waals surface area contributed by atoms with Crippen LogP contribution in [0.1, 0.15) is 40.5 Å². The fourth-order valence-electron chi connectivity index (χ4n) is 1.99. The number of nitrogens with two attached hydrogens (primary N) is 1. The van der Waals surface area contributed by atoms with Crippen molar-refractivity contribution < 1.29 is 9.53 Å². The average Bonchev–Trinajstić information content (AvgIpc) is 2.37. The van der Waals surface area contributed by atoms with E-state index in [2.05, 4.69) is 0 Å². The predicted molar refractivity (Wildman–Crippen MR) is 70.8 cm³/mol. The molecular formula is C13H28N2O2. The second kappa shape index (κ2) is 8.48. The Morgan fingerprint density at radius 1 is 1.24 bits per heavy atom. The van der Waals surface area contributed by atoms with Crippen molar-refractivity contribution in [3.63, 3.8) is 0 Å². The van der Waals surface area contributed by atoms with E-state index in [0.29, 0.717) is 32.8 Å². The summed E-state index contributed by atoms with van der Waals surface area (Å²) in [5, 5.41) is 0. The van der Waals surface area contributed by atoms with Gasteiger partial charge in [-0.2, -0.15) is 0 Å². The third-order valence-corrected chi connectivity index (χ3v) is 3.58. The number of hydrogen-bond donors (Lipinski definition) is 1. The van der Waals surface area contributed by atoms with Gasteiger partial charge in [0, 0.05) is 26.2 Å². The van der Waals surface area contributed by atoms with Crippen molar-refractivity contribution in [2.45, 2.75) is 40.5 Å². The number of likely N-dealkylation sites (N-methyl/N-ethyl adjacent to an activating group) is 1. The van der Waals surface area contributed by atoms with Crippen LogP contribution in [0.4, 0.5) is 0 Å². The molecule has 4 heteroatoms. The number of nitrogens with zero attached hydrogens (tertiary/aromatic N) is 1. The monoisotopic (exact) mass is 244 g/mol. The van der Waals surface area contributed by atoms with E-state index in [-0.39, 0.29) is 11.3 Å². The minimum atomic E-state index is -0.387. The molecule has 17 heavy (non-hydrogen) atoms. The lowest BCUT2D eigenvalue weighted by atomic mass is 9.81. The highest BCUT2D eigenvalue weighted by atomic mass is 16.5. The van der Waals surface area contributed by atoms with Gasteiger partial charge >= 0.3 is 0 Å². The Labute approximate surface area is 105 Å². The van der Waals surface area contributed by atoms with Crippen LogP contribution in [0, 0.1) is 5.41 Å². The Balaban J connectivity index is 4.59. The van der Waals surface area contributed by atoms with Gasteiger partial charge in [-0.3, -0.25) is 4.79 Å². The molecule has 0 radical (unpaired) electrons. The molecule has 0 rings (SSSR count). The molecule has 0 aliphatic heterocycles. The van der Waals surface area contributed by atoms with Crippen molar-refractivity contribution in [1.29, 1.82) is 0 Å². The SMILES string of the molecule is CCOCCN(CC)C(=O)C(CC)(CC)CN. The lowest BCUT2D eigenvalue weighted by Crippen LogP contribution is -2.48. The molecule has 0 spiro atoms. The number of carbonyl (C=O) groups is 1. The van der Waals surface area contributed by atoms with Crippen LogP contribution in [0.5, 0.6) is 0 Å². The van der Waals surface area contributed by atoms with Crippen molar-refractivity contribution in [1.82, 2.24) is 4.90 Å². The summed E-state index contributed by atoms with van der Waals surface area (Å²) in [7, 11) is 0. The van der Waals surface area contributed by atoms with Gasteiger partial charge in [-0.1, -0.05) is 13.8 Å². The van der Waals surface area contributed by atoms with Gasteiger partial charge in [0.05, 0.1) is 12.0 Å². The molecule has 0 saturated heterocycles. The van der Waals surface area contributed by atoms with E-state index < -0.39 is 0 Å². The van der Waals surface area contributed by atoms with Crippen molar-refractivity contribution in [3.8, 4) is 0 Å². The molecule has 102 valence electrons. The largest absolute Gasteiger partial charge is 0.380 e. The van der Waals surface area contributed by atoms with Crippen LogP contribution in [0.2, 0.25) is 0 Å². The molecule has 0 atom stereocenters. The molecule has 2 N–H and O–H groups in total. The van der Waals surface area contributed by atoms with E-state index >= 15 is 0 Å². The van der Waals surface area contributed by atoms with Crippen molar-refractivity contribution in [2.24, 2.45) is 11.1 Å². The fraction of sp³-hybridized carbons (Fsp3) is 0.923. The van der Waals surface area contributed by atoms with Gasteiger partial charge in [-0.15, -0.1) is 0 Å². The average molecular weight is 244 g/mol. The zero-order valence-corrected chi connectivity index (χ0v) is 11.8. The van der Waals surface area contributed by atoms with Crippen LogP contribution in [-0.2, 0) is 9.53 Å². The Kier molecular flexibility index (Phi) is 8.17. The Morgan fingerprint density at radius 3 is 2.18 bits per heavy atom. The topological polar surface area (TPSA) is 55.6 Å². The van der Waals surface area contributed by atoms with Gasteiger partial charge in [0.25, 0.3) is 0 Å². The molecule has 0 fully saturated rings. The molecule has 0 aliphatic carbocycles. The first-order valence-corrected chi connectivity index (χ1v) is 6.68. The number of rotatable bonds is 9. The summed E-state index contributed by atoms with van der Waals surface area (Å²) in [4.78, 5) is 14.3. The van der Waals surface area contributed by atoms with Crippen LogP contribution in [0.15, 0.2) is 0 Å². The van der Waals surface area contributed by atoms with Crippen molar-refractivity contribution in [3.05, 3.63) is 0 Å². The van der Waals surface area contributed by atoms with Gasteiger partial charge in [0.15, 0.2) is 0 Å². The Hall–Kier alpha value is -0.610. The quantitative estimate of drug-likeness (QED) is 0.627. The molecule has 0 unspecified atom stereocenters. The van der Waals surface area contributed by atoms with Crippen LogP contribution < -0.4 is 5.73 Å². The van der Waals surface area contributed by atoms with Gasteiger partial charge in [-0.05, 0) is 26.7 Å². The second-order valence-electron chi connectivity index (χ2n) is 4.27.